The van der Waals surface area contributed by atoms with Gasteiger partial charge in [-0.25, -0.2) is 0 Å². The monoisotopic (exact) mass is 429 g/mol. The van der Waals surface area contributed by atoms with Crippen LogP contribution in [0.25, 0.3) is 0 Å². The average Bonchev–Trinajstić information content (AvgIpc) is 3.24. The Morgan fingerprint density at radius 1 is 1.03 bits per heavy atom. The van der Waals surface area contributed by atoms with Crippen LogP contribution in [0.15, 0.2) is 36.0 Å². The third-order valence-corrected chi connectivity index (χ3v) is 6.93. The Morgan fingerprint density at radius 2 is 1.67 bits per heavy atom. The standard InChI is InChI=1S/C21H27N5O3S/c27-21(19-3-7-23(8-4-19)14-17-1-5-22-6-2-17)25-11-9-24(10-12-25)15-18-13-20(26(28)29)30-16-18/h1-2,5-6,13,16,19H,3-4,7-12,14-15H2. The van der Waals surface area contributed by atoms with Gasteiger partial charge in [0.05, 0.1) is 4.92 Å². The number of hydrogen-bond donors (Lipinski definition) is 0. The molecule has 30 heavy (non-hydrogen) atoms. The molecular formula is C21H27N5O3S. The maximum absolute atomic E-state index is 13.0. The number of aromatic nitrogens is 1. The molecule has 2 fully saturated rings. The van der Waals surface area contributed by atoms with Gasteiger partial charge in [0, 0.05) is 69.0 Å². The molecule has 0 unspecified atom stereocenters. The van der Waals surface area contributed by atoms with E-state index >= 15 is 0 Å². The molecule has 0 aliphatic carbocycles. The minimum atomic E-state index is -0.340. The highest BCUT2D eigenvalue weighted by atomic mass is 32.1. The zero-order valence-corrected chi connectivity index (χ0v) is 17.8. The summed E-state index contributed by atoms with van der Waals surface area (Å²) >= 11 is 1.17. The molecule has 2 aliphatic heterocycles. The molecule has 0 saturated carbocycles. The first-order valence-electron chi connectivity index (χ1n) is 10.4. The van der Waals surface area contributed by atoms with Gasteiger partial charge in [0.1, 0.15) is 0 Å². The van der Waals surface area contributed by atoms with Crippen LogP contribution in [0.4, 0.5) is 5.00 Å². The van der Waals surface area contributed by atoms with Gasteiger partial charge in [-0.2, -0.15) is 0 Å². The van der Waals surface area contributed by atoms with Crippen molar-refractivity contribution in [3.05, 3.63) is 57.2 Å². The Hall–Kier alpha value is -2.36. The van der Waals surface area contributed by atoms with E-state index in [4.69, 9.17) is 0 Å². The summed E-state index contributed by atoms with van der Waals surface area (Å²) in [5.74, 6) is 0.425. The number of carbonyl (C=O) groups is 1. The zero-order valence-electron chi connectivity index (χ0n) is 17.0. The molecule has 0 radical (unpaired) electrons. The van der Waals surface area contributed by atoms with Crippen molar-refractivity contribution < 1.29 is 9.72 Å². The molecule has 0 N–H and O–H groups in total. The number of amides is 1. The van der Waals surface area contributed by atoms with E-state index in [1.807, 2.05) is 34.8 Å². The SMILES string of the molecule is O=C(C1CCN(Cc2ccncc2)CC1)N1CCN(Cc2csc([N+](=O)[O-])c2)CC1. The van der Waals surface area contributed by atoms with E-state index in [1.165, 1.54) is 16.9 Å². The summed E-state index contributed by atoms with van der Waals surface area (Å²) in [4.78, 5) is 34.2. The molecular weight excluding hydrogens is 402 g/mol. The van der Waals surface area contributed by atoms with Gasteiger partial charge in [-0.1, -0.05) is 11.3 Å². The first kappa shape index (κ1) is 20.9. The predicted molar refractivity (Wildman–Crippen MR) is 115 cm³/mol. The minimum absolute atomic E-state index is 0.129. The van der Waals surface area contributed by atoms with Gasteiger partial charge in [0.2, 0.25) is 5.91 Å². The van der Waals surface area contributed by atoms with Gasteiger partial charge in [0.15, 0.2) is 0 Å². The second-order valence-electron chi connectivity index (χ2n) is 8.06. The molecule has 0 aromatic carbocycles. The van der Waals surface area contributed by atoms with E-state index in [1.54, 1.807) is 6.07 Å². The summed E-state index contributed by atoms with van der Waals surface area (Å²) in [6, 6.07) is 5.75. The summed E-state index contributed by atoms with van der Waals surface area (Å²) in [5.41, 5.74) is 2.25. The van der Waals surface area contributed by atoms with E-state index < -0.39 is 0 Å². The average molecular weight is 430 g/mol. The van der Waals surface area contributed by atoms with Crippen molar-refractivity contribution in [1.29, 1.82) is 0 Å². The molecule has 0 atom stereocenters. The highest BCUT2D eigenvalue weighted by Gasteiger charge is 2.30. The van der Waals surface area contributed by atoms with E-state index in [-0.39, 0.29) is 15.8 Å². The van der Waals surface area contributed by atoms with Crippen molar-refractivity contribution in [2.75, 3.05) is 39.3 Å². The van der Waals surface area contributed by atoms with Crippen molar-refractivity contribution >= 4 is 22.2 Å². The number of piperazine rings is 1. The topological polar surface area (TPSA) is 82.8 Å². The van der Waals surface area contributed by atoms with Crippen LogP contribution in [-0.2, 0) is 17.9 Å². The van der Waals surface area contributed by atoms with Crippen LogP contribution in [0, 0.1) is 16.0 Å². The summed E-state index contributed by atoms with van der Waals surface area (Å²) < 4.78 is 0. The fraction of sp³-hybridized carbons (Fsp3) is 0.524. The molecule has 160 valence electrons. The van der Waals surface area contributed by atoms with Crippen LogP contribution in [0.1, 0.15) is 24.0 Å². The van der Waals surface area contributed by atoms with Crippen molar-refractivity contribution in [3.63, 3.8) is 0 Å². The quantitative estimate of drug-likeness (QED) is 0.519. The van der Waals surface area contributed by atoms with E-state index in [9.17, 15) is 14.9 Å². The number of nitrogens with zero attached hydrogens (tertiary/aromatic N) is 5. The lowest BCUT2D eigenvalue weighted by atomic mass is 9.94. The maximum atomic E-state index is 13.0. The van der Waals surface area contributed by atoms with Crippen molar-refractivity contribution in [2.24, 2.45) is 5.92 Å². The lowest BCUT2D eigenvalue weighted by molar-refractivity contribution is -0.380. The minimum Gasteiger partial charge on any atom is -0.340 e. The van der Waals surface area contributed by atoms with E-state index in [0.29, 0.717) is 12.5 Å². The van der Waals surface area contributed by atoms with Crippen LogP contribution in [0.2, 0.25) is 0 Å². The lowest BCUT2D eigenvalue weighted by Gasteiger charge is -2.38. The highest BCUT2D eigenvalue weighted by Crippen LogP contribution is 2.25. The number of rotatable bonds is 6. The Balaban J connectivity index is 1.20. The number of likely N-dealkylation sites (tertiary alicyclic amines) is 1. The van der Waals surface area contributed by atoms with Crippen LogP contribution < -0.4 is 0 Å². The molecule has 4 rings (SSSR count). The van der Waals surface area contributed by atoms with Crippen LogP contribution >= 0.6 is 11.3 Å². The Bertz CT molecular complexity index is 859. The number of pyridine rings is 1. The third-order valence-electron chi connectivity index (χ3n) is 6.00. The molecule has 2 aromatic heterocycles. The fourth-order valence-corrected chi connectivity index (χ4v) is 4.99. The van der Waals surface area contributed by atoms with Gasteiger partial charge in [-0.3, -0.25) is 29.7 Å². The Kier molecular flexibility index (Phi) is 6.71. The number of nitro groups is 1. The van der Waals surface area contributed by atoms with Crippen molar-refractivity contribution in [1.82, 2.24) is 19.7 Å². The molecule has 4 heterocycles. The first-order valence-corrected chi connectivity index (χ1v) is 11.3. The summed E-state index contributed by atoms with van der Waals surface area (Å²) in [7, 11) is 0. The normalized spacial score (nSPS) is 19.1. The van der Waals surface area contributed by atoms with Crippen molar-refractivity contribution in [2.45, 2.75) is 25.9 Å². The number of piperidine rings is 1. The Morgan fingerprint density at radius 3 is 2.30 bits per heavy atom. The lowest BCUT2D eigenvalue weighted by Crippen LogP contribution is -2.51. The summed E-state index contributed by atoms with van der Waals surface area (Å²) in [6.45, 7) is 6.64. The number of hydrogen-bond acceptors (Lipinski definition) is 7. The van der Waals surface area contributed by atoms with Crippen LogP contribution in [0.5, 0.6) is 0 Å². The molecule has 8 nitrogen and oxygen atoms in total. The molecule has 2 aliphatic rings. The molecule has 2 saturated heterocycles. The summed E-state index contributed by atoms with van der Waals surface area (Å²) in [6.07, 6.45) is 5.49. The van der Waals surface area contributed by atoms with Gasteiger partial charge < -0.3 is 4.90 Å². The van der Waals surface area contributed by atoms with E-state index in [2.05, 4.69) is 14.8 Å². The smallest absolute Gasteiger partial charge is 0.324 e. The molecule has 0 bridgehead atoms. The zero-order chi connectivity index (χ0) is 20.9. The largest absolute Gasteiger partial charge is 0.340 e. The summed E-state index contributed by atoms with van der Waals surface area (Å²) in [5, 5.41) is 12.9. The number of carbonyl (C=O) groups excluding carboxylic acids is 1. The van der Waals surface area contributed by atoms with Crippen molar-refractivity contribution in [3.8, 4) is 0 Å². The molecule has 0 spiro atoms. The molecule has 1 amide bonds. The van der Waals surface area contributed by atoms with Crippen LogP contribution in [-0.4, -0.2) is 69.8 Å². The van der Waals surface area contributed by atoms with Gasteiger partial charge >= 0.3 is 5.00 Å². The fourth-order valence-electron chi connectivity index (χ4n) is 4.27. The molecule has 2 aromatic rings. The highest BCUT2D eigenvalue weighted by molar-refractivity contribution is 7.13. The second kappa shape index (κ2) is 9.63. The third kappa shape index (κ3) is 5.21. The number of thiophene rings is 1. The Labute approximate surface area is 180 Å². The van der Waals surface area contributed by atoms with Gasteiger partial charge in [0.25, 0.3) is 0 Å². The van der Waals surface area contributed by atoms with Gasteiger partial charge in [-0.15, -0.1) is 0 Å². The first-order chi connectivity index (χ1) is 14.6. The molecule has 9 heteroatoms. The predicted octanol–water partition coefficient (Wildman–Crippen LogP) is 2.61. The maximum Gasteiger partial charge on any atom is 0.324 e. The second-order valence-corrected chi connectivity index (χ2v) is 8.95. The van der Waals surface area contributed by atoms with E-state index in [0.717, 1.165) is 64.2 Å². The van der Waals surface area contributed by atoms with Crippen LogP contribution in [0.3, 0.4) is 0 Å². The van der Waals surface area contributed by atoms with Gasteiger partial charge in [-0.05, 0) is 49.2 Å².